The van der Waals surface area contributed by atoms with Crippen LogP contribution in [0.3, 0.4) is 0 Å². The zero-order chi connectivity index (χ0) is 17.3. The molecular weight excluding hydrogens is 320 g/mol. The first kappa shape index (κ1) is 15.7. The van der Waals surface area contributed by atoms with E-state index in [1.165, 1.54) is 0 Å². The van der Waals surface area contributed by atoms with Gasteiger partial charge in [-0.15, -0.1) is 5.10 Å². The van der Waals surface area contributed by atoms with E-state index >= 15 is 0 Å². The van der Waals surface area contributed by atoms with E-state index in [0.29, 0.717) is 11.7 Å². The summed E-state index contributed by atoms with van der Waals surface area (Å²) in [6, 6.07) is 7.59. The summed E-state index contributed by atoms with van der Waals surface area (Å²) >= 11 is 0. The zero-order valence-electron chi connectivity index (χ0n) is 14.1. The second-order valence-electron chi connectivity index (χ2n) is 6.56. The van der Waals surface area contributed by atoms with E-state index in [-0.39, 0.29) is 12.5 Å². The van der Waals surface area contributed by atoms with Crippen molar-refractivity contribution >= 4 is 16.9 Å². The van der Waals surface area contributed by atoms with Crippen molar-refractivity contribution in [1.29, 1.82) is 0 Å². The van der Waals surface area contributed by atoms with Crippen molar-refractivity contribution in [3.05, 3.63) is 36.0 Å². The SMILES string of the molecule is Cc1nc(C2(NC(=O)Cn3nnc4ccccc43)CCCCC2)no1. The minimum absolute atomic E-state index is 0.110. The first-order valence-corrected chi connectivity index (χ1v) is 8.56. The molecule has 8 heteroatoms. The van der Waals surface area contributed by atoms with Gasteiger partial charge in [-0.3, -0.25) is 4.79 Å². The van der Waals surface area contributed by atoms with Gasteiger partial charge in [-0.2, -0.15) is 4.98 Å². The molecule has 0 spiro atoms. The van der Waals surface area contributed by atoms with Gasteiger partial charge in [0.25, 0.3) is 0 Å². The van der Waals surface area contributed by atoms with Gasteiger partial charge in [0.2, 0.25) is 11.8 Å². The quantitative estimate of drug-likeness (QED) is 0.781. The van der Waals surface area contributed by atoms with Crippen LogP contribution in [0.2, 0.25) is 0 Å². The number of rotatable bonds is 4. The average molecular weight is 340 g/mol. The van der Waals surface area contributed by atoms with E-state index in [1.54, 1.807) is 11.6 Å². The third-order valence-corrected chi connectivity index (χ3v) is 4.76. The fourth-order valence-corrected chi connectivity index (χ4v) is 3.53. The summed E-state index contributed by atoms with van der Waals surface area (Å²) in [5, 5.41) is 15.4. The minimum atomic E-state index is -0.552. The van der Waals surface area contributed by atoms with Crippen LogP contribution >= 0.6 is 0 Å². The summed E-state index contributed by atoms with van der Waals surface area (Å²) in [6.07, 6.45) is 4.84. The second kappa shape index (κ2) is 6.27. The summed E-state index contributed by atoms with van der Waals surface area (Å²) in [4.78, 5) is 17.1. The Morgan fingerprint density at radius 3 is 2.84 bits per heavy atom. The summed E-state index contributed by atoms with van der Waals surface area (Å²) < 4.78 is 6.76. The van der Waals surface area contributed by atoms with Crippen molar-refractivity contribution in [1.82, 2.24) is 30.5 Å². The summed E-state index contributed by atoms with van der Waals surface area (Å²) in [7, 11) is 0. The van der Waals surface area contributed by atoms with E-state index in [0.717, 1.165) is 43.1 Å². The summed E-state index contributed by atoms with van der Waals surface area (Å²) in [5.74, 6) is 0.956. The highest BCUT2D eigenvalue weighted by Gasteiger charge is 2.39. The van der Waals surface area contributed by atoms with Crippen LogP contribution in [-0.4, -0.2) is 31.0 Å². The molecule has 0 aliphatic heterocycles. The first-order valence-electron chi connectivity index (χ1n) is 8.56. The molecule has 25 heavy (non-hydrogen) atoms. The fourth-order valence-electron chi connectivity index (χ4n) is 3.53. The lowest BCUT2D eigenvalue weighted by Gasteiger charge is -2.35. The molecule has 1 aliphatic rings. The molecule has 1 aliphatic carbocycles. The molecule has 130 valence electrons. The van der Waals surface area contributed by atoms with Gasteiger partial charge >= 0.3 is 0 Å². The monoisotopic (exact) mass is 340 g/mol. The standard InChI is InChI=1S/C17H20N6O2/c1-12-18-16(21-25-12)17(9-5-2-6-10-17)19-15(24)11-23-14-8-4-3-7-13(14)20-22-23/h3-4,7-8H,2,5-6,9-11H2,1H3,(H,19,24). The number of aryl methyl sites for hydroxylation is 1. The Labute approximate surface area is 144 Å². The fraction of sp³-hybridized carbons (Fsp3) is 0.471. The van der Waals surface area contributed by atoms with E-state index in [2.05, 4.69) is 25.8 Å². The molecule has 1 fully saturated rings. The zero-order valence-corrected chi connectivity index (χ0v) is 14.1. The molecule has 2 heterocycles. The summed E-state index contributed by atoms with van der Waals surface area (Å²) in [5.41, 5.74) is 1.06. The normalized spacial score (nSPS) is 16.8. The highest BCUT2D eigenvalue weighted by atomic mass is 16.5. The van der Waals surface area contributed by atoms with Crippen molar-refractivity contribution in [3.63, 3.8) is 0 Å². The molecular formula is C17H20N6O2. The maximum absolute atomic E-state index is 12.7. The molecule has 1 aromatic carbocycles. The molecule has 1 amide bonds. The van der Waals surface area contributed by atoms with E-state index in [9.17, 15) is 4.79 Å². The minimum Gasteiger partial charge on any atom is -0.342 e. The van der Waals surface area contributed by atoms with Gasteiger partial charge in [-0.05, 0) is 25.0 Å². The van der Waals surface area contributed by atoms with Gasteiger partial charge in [0.05, 0.1) is 5.52 Å². The van der Waals surface area contributed by atoms with Gasteiger partial charge in [-0.25, -0.2) is 4.68 Å². The number of benzene rings is 1. The molecule has 0 radical (unpaired) electrons. The molecule has 0 atom stereocenters. The van der Waals surface area contributed by atoms with Crippen molar-refractivity contribution in [2.24, 2.45) is 0 Å². The van der Waals surface area contributed by atoms with Crippen molar-refractivity contribution in [2.75, 3.05) is 0 Å². The number of para-hydroxylation sites is 1. The number of nitrogens with zero attached hydrogens (tertiary/aromatic N) is 5. The largest absolute Gasteiger partial charge is 0.342 e. The summed E-state index contributed by atoms with van der Waals surface area (Å²) in [6.45, 7) is 1.87. The lowest BCUT2D eigenvalue weighted by atomic mass is 9.81. The highest BCUT2D eigenvalue weighted by Crippen LogP contribution is 2.35. The average Bonchev–Trinajstić information content (AvgIpc) is 3.23. The van der Waals surface area contributed by atoms with Crippen LogP contribution in [0.5, 0.6) is 0 Å². The topological polar surface area (TPSA) is 98.7 Å². The molecule has 2 aromatic heterocycles. The molecule has 3 aromatic rings. The van der Waals surface area contributed by atoms with Crippen LogP contribution in [0.25, 0.3) is 11.0 Å². The highest BCUT2D eigenvalue weighted by molar-refractivity contribution is 5.80. The molecule has 1 saturated carbocycles. The Balaban J connectivity index is 1.56. The van der Waals surface area contributed by atoms with Crippen LogP contribution in [0.4, 0.5) is 0 Å². The number of nitrogens with one attached hydrogen (secondary N) is 1. The van der Waals surface area contributed by atoms with Gasteiger partial charge in [0.15, 0.2) is 5.82 Å². The molecule has 1 N–H and O–H groups in total. The van der Waals surface area contributed by atoms with Crippen molar-refractivity contribution in [3.8, 4) is 0 Å². The Morgan fingerprint density at radius 2 is 2.08 bits per heavy atom. The van der Waals surface area contributed by atoms with E-state index in [4.69, 9.17) is 4.52 Å². The Kier molecular flexibility index (Phi) is 3.95. The van der Waals surface area contributed by atoms with E-state index in [1.807, 2.05) is 24.3 Å². The smallest absolute Gasteiger partial charge is 0.242 e. The van der Waals surface area contributed by atoms with Crippen LogP contribution in [0.15, 0.2) is 28.8 Å². The maximum atomic E-state index is 12.7. The van der Waals surface area contributed by atoms with Gasteiger partial charge in [0, 0.05) is 6.92 Å². The second-order valence-corrected chi connectivity index (χ2v) is 6.56. The van der Waals surface area contributed by atoms with Crippen LogP contribution in [0, 0.1) is 6.92 Å². The van der Waals surface area contributed by atoms with Gasteiger partial charge in [-0.1, -0.05) is 41.8 Å². The number of hydrogen-bond acceptors (Lipinski definition) is 6. The predicted octanol–water partition coefficient (Wildman–Crippen LogP) is 2.10. The van der Waals surface area contributed by atoms with Crippen molar-refractivity contribution < 1.29 is 9.32 Å². The first-order chi connectivity index (χ1) is 12.2. The molecule has 0 saturated heterocycles. The third kappa shape index (κ3) is 2.99. The number of carbonyl (C=O) groups is 1. The lowest BCUT2D eigenvalue weighted by Crippen LogP contribution is -2.49. The molecule has 0 bridgehead atoms. The van der Waals surface area contributed by atoms with Crippen LogP contribution < -0.4 is 5.32 Å². The molecule has 8 nitrogen and oxygen atoms in total. The number of fused-ring (bicyclic) bond motifs is 1. The number of aromatic nitrogens is 5. The Morgan fingerprint density at radius 1 is 1.28 bits per heavy atom. The maximum Gasteiger partial charge on any atom is 0.242 e. The Bertz CT molecular complexity index is 893. The van der Waals surface area contributed by atoms with Gasteiger partial charge in [0.1, 0.15) is 17.6 Å². The number of amides is 1. The molecule has 4 rings (SSSR count). The molecule has 0 unspecified atom stereocenters. The van der Waals surface area contributed by atoms with Crippen LogP contribution in [-0.2, 0) is 16.9 Å². The van der Waals surface area contributed by atoms with Crippen LogP contribution in [0.1, 0.15) is 43.8 Å². The lowest BCUT2D eigenvalue weighted by molar-refractivity contribution is -0.124. The number of hydrogen-bond donors (Lipinski definition) is 1. The number of carbonyl (C=O) groups excluding carboxylic acids is 1. The predicted molar refractivity (Wildman–Crippen MR) is 89.5 cm³/mol. The van der Waals surface area contributed by atoms with Gasteiger partial charge < -0.3 is 9.84 Å². The van der Waals surface area contributed by atoms with E-state index < -0.39 is 5.54 Å². The van der Waals surface area contributed by atoms with Crippen molar-refractivity contribution in [2.45, 2.75) is 51.1 Å². The Hall–Kier alpha value is -2.77. The third-order valence-electron chi connectivity index (χ3n) is 4.76.